The highest BCUT2D eigenvalue weighted by atomic mass is 16.6. The van der Waals surface area contributed by atoms with Gasteiger partial charge in [-0.25, -0.2) is 10.2 Å². The van der Waals surface area contributed by atoms with Crippen LogP contribution in [0.1, 0.15) is 0 Å². The topological polar surface area (TPSA) is 94.0 Å². The molecule has 3 N–H and O–H groups in total. The standard InChI is InChI=1S/C5H6N4O2/c6-4(11-5(7)10)9-3-1-2-8-9/h1-3,6H,(H2,7,10). The van der Waals surface area contributed by atoms with Crippen LogP contribution in [0.25, 0.3) is 0 Å². The zero-order valence-corrected chi connectivity index (χ0v) is 5.52. The van der Waals surface area contributed by atoms with Crippen LogP contribution in [0.4, 0.5) is 4.79 Å². The summed E-state index contributed by atoms with van der Waals surface area (Å²) in [4.78, 5) is 10.1. The highest BCUT2D eigenvalue weighted by Crippen LogP contribution is 1.85. The molecule has 0 atom stereocenters. The molecule has 11 heavy (non-hydrogen) atoms. The van der Waals surface area contributed by atoms with Crippen LogP contribution in [0.5, 0.6) is 0 Å². The Labute approximate surface area is 62.1 Å². The lowest BCUT2D eigenvalue weighted by molar-refractivity contribution is 0.204. The predicted octanol–water partition coefficient (Wildman–Crippen LogP) is -0.239. The fourth-order valence-electron chi connectivity index (χ4n) is 0.531. The van der Waals surface area contributed by atoms with Gasteiger partial charge in [0.2, 0.25) is 0 Å². The van der Waals surface area contributed by atoms with Crippen LogP contribution in [0.3, 0.4) is 0 Å². The maximum absolute atomic E-state index is 10.1. The zero-order chi connectivity index (χ0) is 8.27. The Kier molecular flexibility index (Phi) is 1.86. The van der Waals surface area contributed by atoms with Crippen LogP contribution < -0.4 is 5.73 Å². The molecule has 1 heterocycles. The van der Waals surface area contributed by atoms with Gasteiger partial charge in [0, 0.05) is 12.4 Å². The van der Waals surface area contributed by atoms with Gasteiger partial charge in [0.05, 0.1) is 0 Å². The summed E-state index contributed by atoms with van der Waals surface area (Å²) in [6.07, 6.45) is 1.90. The van der Waals surface area contributed by atoms with Gasteiger partial charge >= 0.3 is 12.1 Å². The van der Waals surface area contributed by atoms with Gasteiger partial charge in [0.1, 0.15) is 0 Å². The summed E-state index contributed by atoms with van der Waals surface area (Å²) in [6.45, 7) is 0. The maximum atomic E-state index is 10.1. The second-order valence-electron chi connectivity index (χ2n) is 1.68. The number of nitrogens with two attached hydrogens (primary N) is 1. The molecule has 1 aromatic heterocycles. The smallest absolute Gasteiger partial charge is 0.374 e. The number of nitrogens with zero attached hydrogens (tertiary/aromatic N) is 2. The van der Waals surface area contributed by atoms with E-state index in [-0.39, 0.29) is 0 Å². The summed E-state index contributed by atoms with van der Waals surface area (Å²) >= 11 is 0. The van der Waals surface area contributed by atoms with Gasteiger partial charge in [-0.15, -0.1) is 0 Å². The minimum atomic E-state index is -1.02. The number of hydrogen-bond donors (Lipinski definition) is 2. The van der Waals surface area contributed by atoms with Crippen molar-refractivity contribution >= 4 is 12.1 Å². The van der Waals surface area contributed by atoms with Gasteiger partial charge in [-0.3, -0.25) is 0 Å². The number of aromatic nitrogens is 2. The molecule has 0 aliphatic carbocycles. The van der Waals surface area contributed by atoms with Crippen LogP contribution in [0.2, 0.25) is 0 Å². The fourth-order valence-corrected chi connectivity index (χ4v) is 0.531. The summed E-state index contributed by atoms with van der Waals surface area (Å²) in [5.74, 6) is 0. The zero-order valence-electron chi connectivity index (χ0n) is 5.52. The van der Waals surface area contributed by atoms with Crippen LogP contribution >= 0.6 is 0 Å². The number of amides is 1. The van der Waals surface area contributed by atoms with Crippen LogP contribution in [-0.4, -0.2) is 21.9 Å². The van der Waals surface area contributed by atoms with Gasteiger partial charge in [-0.1, -0.05) is 0 Å². The number of ether oxygens (including phenoxy) is 1. The second-order valence-corrected chi connectivity index (χ2v) is 1.68. The van der Waals surface area contributed by atoms with Gasteiger partial charge < -0.3 is 10.5 Å². The first-order valence-electron chi connectivity index (χ1n) is 2.76. The Morgan fingerprint density at radius 1 is 1.73 bits per heavy atom. The van der Waals surface area contributed by atoms with E-state index in [4.69, 9.17) is 5.41 Å². The van der Waals surface area contributed by atoms with E-state index in [2.05, 4.69) is 15.6 Å². The first kappa shape index (κ1) is 7.26. The molecule has 6 heteroatoms. The third-order valence-corrected chi connectivity index (χ3v) is 0.910. The normalized spacial score (nSPS) is 9.09. The van der Waals surface area contributed by atoms with Crippen molar-refractivity contribution in [2.24, 2.45) is 5.73 Å². The van der Waals surface area contributed by atoms with Crippen molar-refractivity contribution in [3.8, 4) is 0 Å². The second kappa shape index (κ2) is 2.82. The summed E-state index contributed by atoms with van der Waals surface area (Å²) in [6, 6.07) is 1.18. The molecule has 0 radical (unpaired) electrons. The number of hydrogen-bond acceptors (Lipinski definition) is 4. The Hall–Kier alpha value is -1.85. The van der Waals surface area contributed by atoms with Gasteiger partial charge in [0.15, 0.2) is 0 Å². The van der Waals surface area contributed by atoms with E-state index in [0.717, 1.165) is 4.68 Å². The van der Waals surface area contributed by atoms with Crippen molar-refractivity contribution in [1.82, 2.24) is 9.78 Å². The van der Waals surface area contributed by atoms with Crippen molar-refractivity contribution in [1.29, 1.82) is 5.41 Å². The predicted molar refractivity (Wildman–Crippen MR) is 36.0 cm³/mol. The van der Waals surface area contributed by atoms with Gasteiger partial charge in [-0.05, 0) is 6.07 Å². The van der Waals surface area contributed by atoms with E-state index in [9.17, 15) is 4.79 Å². The summed E-state index contributed by atoms with van der Waals surface area (Å²) in [5.41, 5.74) is 4.66. The molecule has 1 rings (SSSR count). The molecule has 6 nitrogen and oxygen atoms in total. The minimum absolute atomic E-state index is 0.414. The largest absolute Gasteiger partial charge is 0.412 e. The molecule has 0 aliphatic heterocycles. The van der Waals surface area contributed by atoms with E-state index in [1.54, 1.807) is 6.07 Å². The molecule has 1 aromatic rings. The molecule has 0 spiro atoms. The molecular formula is C5H6N4O2. The van der Waals surface area contributed by atoms with E-state index >= 15 is 0 Å². The number of carbonyl (C=O) groups excluding carboxylic acids is 1. The first-order valence-corrected chi connectivity index (χ1v) is 2.76. The number of rotatable bonds is 0. The van der Waals surface area contributed by atoms with Gasteiger partial charge in [-0.2, -0.15) is 9.78 Å². The quantitative estimate of drug-likeness (QED) is 0.399. The maximum Gasteiger partial charge on any atom is 0.412 e. The van der Waals surface area contributed by atoms with Crippen LogP contribution in [0, 0.1) is 5.41 Å². The molecule has 0 aliphatic rings. The Morgan fingerprint density at radius 2 is 2.45 bits per heavy atom. The lowest BCUT2D eigenvalue weighted by Crippen LogP contribution is -2.23. The third-order valence-electron chi connectivity index (χ3n) is 0.910. The van der Waals surface area contributed by atoms with Crippen molar-refractivity contribution < 1.29 is 9.53 Å². The molecule has 0 saturated carbocycles. The van der Waals surface area contributed by atoms with Crippen molar-refractivity contribution in [2.75, 3.05) is 0 Å². The molecule has 0 aromatic carbocycles. The van der Waals surface area contributed by atoms with Crippen molar-refractivity contribution in [2.45, 2.75) is 0 Å². The van der Waals surface area contributed by atoms with Crippen molar-refractivity contribution in [3.63, 3.8) is 0 Å². The SMILES string of the molecule is N=C(OC(N)=O)n1cccn1. The minimum Gasteiger partial charge on any atom is -0.374 e. The summed E-state index contributed by atoms with van der Waals surface area (Å²) < 4.78 is 5.29. The number of nitrogens with one attached hydrogen (secondary N) is 1. The molecule has 58 valence electrons. The Morgan fingerprint density at radius 3 is 2.91 bits per heavy atom. The first-order chi connectivity index (χ1) is 5.20. The average Bonchev–Trinajstić information content (AvgIpc) is 2.35. The summed E-state index contributed by atoms with van der Waals surface area (Å²) in [7, 11) is 0. The van der Waals surface area contributed by atoms with Crippen LogP contribution in [0.15, 0.2) is 18.5 Å². The highest BCUT2D eigenvalue weighted by molar-refractivity contribution is 5.84. The average molecular weight is 154 g/mol. The highest BCUT2D eigenvalue weighted by Gasteiger charge is 2.03. The molecule has 0 bridgehead atoms. The Balaban J connectivity index is 2.64. The Bertz CT molecular complexity index is 266. The lowest BCUT2D eigenvalue weighted by atomic mass is 10.7. The number of carbonyl (C=O) groups is 1. The molecule has 0 unspecified atom stereocenters. The number of primary amides is 1. The lowest BCUT2D eigenvalue weighted by Gasteiger charge is -1.99. The molecule has 0 saturated heterocycles. The van der Waals surface area contributed by atoms with E-state index in [0.29, 0.717) is 0 Å². The van der Waals surface area contributed by atoms with E-state index in [1.807, 2.05) is 0 Å². The van der Waals surface area contributed by atoms with Gasteiger partial charge in [0.25, 0.3) is 0 Å². The monoisotopic (exact) mass is 154 g/mol. The van der Waals surface area contributed by atoms with E-state index < -0.39 is 12.1 Å². The van der Waals surface area contributed by atoms with E-state index in [1.165, 1.54) is 12.4 Å². The van der Waals surface area contributed by atoms with Crippen LogP contribution in [-0.2, 0) is 4.74 Å². The van der Waals surface area contributed by atoms with Crippen molar-refractivity contribution in [3.05, 3.63) is 18.5 Å². The molecule has 1 amide bonds. The summed E-state index contributed by atoms with van der Waals surface area (Å²) in [5, 5.41) is 10.7. The third kappa shape index (κ3) is 1.78. The molecular weight excluding hydrogens is 148 g/mol. The molecule has 0 fully saturated rings. The fraction of sp³-hybridized carbons (Fsp3) is 0.